The monoisotopic (exact) mass is 326 g/mol. The fourth-order valence-electron chi connectivity index (χ4n) is 1.40. The molecule has 0 aliphatic heterocycles. The summed E-state index contributed by atoms with van der Waals surface area (Å²) in [6.07, 6.45) is -4.61. The van der Waals surface area contributed by atoms with Crippen LogP contribution in [0.4, 0.5) is 13.2 Å². The van der Waals surface area contributed by atoms with Gasteiger partial charge < -0.3 is 0 Å². The molecule has 0 N–H and O–H groups in total. The zero-order chi connectivity index (χ0) is 14.2. The lowest BCUT2D eigenvalue weighted by Gasteiger charge is -2.09. The second-order valence-electron chi connectivity index (χ2n) is 3.53. The largest absolute Gasteiger partial charge is 0.433 e. The van der Waals surface area contributed by atoms with E-state index in [4.69, 9.17) is 34.8 Å². The SMILES string of the molecule is FC(F)(F)c1cc(-c2ccc(Cl)cc2Cl)nc(Cl)n1. The number of nitrogens with zero attached hydrogens (tertiary/aromatic N) is 2. The molecule has 0 saturated heterocycles. The van der Waals surface area contributed by atoms with E-state index in [0.29, 0.717) is 10.6 Å². The van der Waals surface area contributed by atoms with E-state index in [1.54, 1.807) is 0 Å². The quantitative estimate of drug-likeness (QED) is 0.679. The van der Waals surface area contributed by atoms with Crippen LogP contribution in [-0.2, 0) is 6.18 Å². The number of rotatable bonds is 1. The lowest BCUT2D eigenvalue weighted by atomic mass is 10.1. The van der Waals surface area contributed by atoms with Gasteiger partial charge in [0.1, 0.15) is 5.69 Å². The Morgan fingerprint density at radius 3 is 2.21 bits per heavy atom. The van der Waals surface area contributed by atoms with Crippen molar-refractivity contribution in [3.05, 3.63) is 45.3 Å². The zero-order valence-electron chi connectivity index (χ0n) is 8.97. The molecule has 1 aromatic heterocycles. The predicted molar refractivity (Wildman–Crippen MR) is 67.5 cm³/mol. The minimum Gasteiger partial charge on any atom is -0.218 e. The van der Waals surface area contributed by atoms with E-state index in [1.807, 2.05) is 0 Å². The Morgan fingerprint density at radius 2 is 1.63 bits per heavy atom. The molecule has 0 spiro atoms. The van der Waals surface area contributed by atoms with Crippen molar-refractivity contribution in [2.24, 2.45) is 0 Å². The molecule has 0 amide bonds. The Bertz CT molecular complexity index is 629. The molecule has 2 rings (SSSR count). The van der Waals surface area contributed by atoms with Gasteiger partial charge in [0.25, 0.3) is 0 Å². The molecule has 0 unspecified atom stereocenters. The summed E-state index contributed by atoms with van der Waals surface area (Å²) in [7, 11) is 0. The summed E-state index contributed by atoms with van der Waals surface area (Å²) in [5.41, 5.74) is -0.858. The number of halogens is 6. The van der Waals surface area contributed by atoms with Gasteiger partial charge in [-0.1, -0.05) is 23.2 Å². The number of aromatic nitrogens is 2. The summed E-state index contributed by atoms with van der Waals surface area (Å²) in [4.78, 5) is 6.87. The van der Waals surface area contributed by atoms with Crippen molar-refractivity contribution in [3.8, 4) is 11.3 Å². The highest BCUT2D eigenvalue weighted by molar-refractivity contribution is 6.36. The van der Waals surface area contributed by atoms with E-state index in [1.165, 1.54) is 18.2 Å². The number of benzene rings is 1. The van der Waals surface area contributed by atoms with Crippen LogP contribution in [-0.4, -0.2) is 9.97 Å². The molecular formula is C11H4Cl3F3N2. The highest BCUT2D eigenvalue weighted by Gasteiger charge is 2.33. The van der Waals surface area contributed by atoms with Crippen LogP contribution in [0.2, 0.25) is 15.3 Å². The van der Waals surface area contributed by atoms with Crippen LogP contribution in [0.5, 0.6) is 0 Å². The molecule has 0 atom stereocenters. The maximum atomic E-state index is 12.6. The Balaban J connectivity index is 2.59. The van der Waals surface area contributed by atoms with Gasteiger partial charge >= 0.3 is 6.18 Å². The smallest absolute Gasteiger partial charge is 0.218 e. The van der Waals surface area contributed by atoms with Crippen LogP contribution in [0.1, 0.15) is 5.69 Å². The third-order valence-corrected chi connectivity index (χ3v) is 2.91. The second kappa shape index (κ2) is 5.15. The summed E-state index contributed by atoms with van der Waals surface area (Å²) in [5, 5.41) is 0.0381. The summed E-state index contributed by atoms with van der Waals surface area (Å²) >= 11 is 17.1. The van der Waals surface area contributed by atoms with Gasteiger partial charge in [-0.25, -0.2) is 9.97 Å². The van der Waals surface area contributed by atoms with Crippen molar-refractivity contribution in [2.45, 2.75) is 6.18 Å². The van der Waals surface area contributed by atoms with E-state index in [2.05, 4.69) is 9.97 Å². The van der Waals surface area contributed by atoms with Crippen molar-refractivity contribution >= 4 is 34.8 Å². The minimum absolute atomic E-state index is 0.0195. The third-order valence-electron chi connectivity index (χ3n) is 2.20. The second-order valence-corrected chi connectivity index (χ2v) is 4.71. The molecule has 2 aromatic rings. The molecule has 2 nitrogen and oxygen atoms in total. The fourth-order valence-corrected chi connectivity index (χ4v) is 2.09. The average molecular weight is 328 g/mol. The Kier molecular flexibility index (Phi) is 3.90. The normalized spacial score (nSPS) is 11.7. The van der Waals surface area contributed by atoms with E-state index >= 15 is 0 Å². The maximum Gasteiger partial charge on any atom is 0.433 e. The molecule has 0 aliphatic carbocycles. The van der Waals surface area contributed by atoms with E-state index in [-0.39, 0.29) is 10.7 Å². The first kappa shape index (κ1) is 14.4. The van der Waals surface area contributed by atoms with Gasteiger partial charge in [0.05, 0.1) is 10.7 Å². The molecule has 0 radical (unpaired) electrons. The highest BCUT2D eigenvalue weighted by atomic mass is 35.5. The number of hydrogen-bond donors (Lipinski definition) is 0. The molecule has 0 fully saturated rings. The van der Waals surface area contributed by atoms with Crippen LogP contribution >= 0.6 is 34.8 Å². The molecular weight excluding hydrogens is 323 g/mol. The molecule has 0 aliphatic rings. The molecule has 100 valence electrons. The van der Waals surface area contributed by atoms with E-state index in [9.17, 15) is 13.2 Å². The minimum atomic E-state index is -4.61. The summed E-state index contributed by atoms with van der Waals surface area (Å²) in [6, 6.07) is 5.14. The lowest BCUT2D eigenvalue weighted by molar-refractivity contribution is -0.141. The average Bonchev–Trinajstić information content (AvgIpc) is 2.26. The first-order valence-corrected chi connectivity index (χ1v) is 5.98. The van der Waals surface area contributed by atoms with Crippen LogP contribution in [0.25, 0.3) is 11.3 Å². The van der Waals surface area contributed by atoms with Crippen molar-refractivity contribution < 1.29 is 13.2 Å². The van der Waals surface area contributed by atoms with Crippen molar-refractivity contribution in [2.75, 3.05) is 0 Å². The first-order valence-electron chi connectivity index (χ1n) is 4.84. The van der Waals surface area contributed by atoms with E-state index in [0.717, 1.165) is 6.07 Å². The first-order chi connectivity index (χ1) is 8.77. The Hall–Kier alpha value is -1.04. The van der Waals surface area contributed by atoms with Crippen LogP contribution < -0.4 is 0 Å². The van der Waals surface area contributed by atoms with Gasteiger partial charge in [0, 0.05) is 10.6 Å². The molecule has 0 bridgehead atoms. The molecule has 1 heterocycles. The summed E-state index contributed by atoms with van der Waals surface area (Å²) < 4.78 is 37.9. The maximum absolute atomic E-state index is 12.6. The van der Waals surface area contributed by atoms with Crippen molar-refractivity contribution in [1.82, 2.24) is 9.97 Å². The van der Waals surface area contributed by atoms with Gasteiger partial charge in [-0.15, -0.1) is 0 Å². The highest BCUT2D eigenvalue weighted by Crippen LogP contribution is 2.34. The summed E-state index contributed by atoms with van der Waals surface area (Å²) in [5.74, 6) is 0. The molecule has 0 saturated carbocycles. The zero-order valence-corrected chi connectivity index (χ0v) is 11.2. The van der Waals surface area contributed by atoms with Crippen LogP contribution in [0, 0.1) is 0 Å². The Morgan fingerprint density at radius 1 is 0.947 bits per heavy atom. The van der Waals surface area contributed by atoms with Gasteiger partial charge in [-0.05, 0) is 35.9 Å². The molecule has 19 heavy (non-hydrogen) atoms. The van der Waals surface area contributed by atoms with E-state index < -0.39 is 17.2 Å². The predicted octanol–water partition coefficient (Wildman–Crippen LogP) is 5.12. The molecule has 1 aromatic carbocycles. The standard InChI is InChI=1S/C11H4Cl3F3N2/c12-5-1-2-6(7(13)3-5)8-4-9(11(15,16)17)19-10(14)18-8/h1-4H. The van der Waals surface area contributed by atoms with Gasteiger partial charge in [-0.3, -0.25) is 0 Å². The lowest BCUT2D eigenvalue weighted by Crippen LogP contribution is -2.09. The van der Waals surface area contributed by atoms with Gasteiger partial charge in [-0.2, -0.15) is 13.2 Å². The fraction of sp³-hybridized carbons (Fsp3) is 0.0909. The topological polar surface area (TPSA) is 25.8 Å². The Labute approximate surface area is 121 Å². The van der Waals surface area contributed by atoms with Gasteiger partial charge in [0.2, 0.25) is 5.28 Å². The van der Waals surface area contributed by atoms with Gasteiger partial charge in [0.15, 0.2) is 0 Å². The summed E-state index contributed by atoms with van der Waals surface area (Å²) in [6.45, 7) is 0. The van der Waals surface area contributed by atoms with Crippen molar-refractivity contribution in [1.29, 1.82) is 0 Å². The van der Waals surface area contributed by atoms with Crippen LogP contribution in [0.15, 0.2) is 24.3 Å². The molecule has 8 heteroatoms. The number of alkyl halides is 3. The number of hydrogen-bond acceptors (Lipinski definition) is 2. The van der Waals surface area contributed by atoms with Crippen LogP contribution in [0.3, 0.4) is 0 Å². The van der Waals surface area contributed by atoms with Crippen molar-refractivity contribution in [3.63, 3.8) is 0 Å². The third kappa shape index (κ3) is 3.29.